The maximum Gasteiger partial charge on any atom is 0.272 e. The SMILES string of the molecule is Cc1ccc(Oc2ncnc(NNC(=O)c3ccccc3F)c2N)cc1C. The van der Waals surface area contributed by atoms with Crippen LogP contribution in [0.15, 0.2) is 48.8 Å². The van der Waals surface area contributed by atoms with Crippen LogP contribution in [0.1, 0.15) is 21.5 Å². The number of aromatic nitrogens is 2. The number of aryl methyl sites for hydroxylation is 2. The zero-order valence-electron chi connectivity index (χ0n) is 14.8. The fourth-order valence-corrected chi connectivity index (χ4v) is 2.28. The molecule has 3 rings (SSSR count). The average Bonchev–Trinajstić information content (AvgIpc) is 2.65. The van der Waals surface area contributed by atoms with Gasteiger partial charge in [0.25, 0.3) is 5.91 Å². The number of nitrogens with two attached hydrogens (primary N) is 1. The molecule has 1 amide bonds. The maximum atomic E-state index is 13.7. The molecule has 2 aromatic carbocycles. The first-order chi connectivity index (χ1) is 13.0. The van der Waals surface area contributed by atoms with Crippen molar-refractivity contribution < 1.29 is 13.9 Å². The maximum absolute atomic E-state index is 13.7. The number of anilines is 2. The van der Waals surface area contributed by atoms with Crippen LogP contribution in [0.4, 0.5) is 15.9 Å². The molecule has 0 bridgehead atoms. The molecule has 27 heavy (non-hydrogen) atoms. The van der Waals surface area contributed by atoms with E-state index >= 15 is 0 Å². The van der Waals surface area contributed by atoms with E-state index in [4.69, 9.17) is 10.5 Å². The Labute approximate surface area is 155 Å². The minimum Gasteiger partial charge on any atom is -0.437 e. The second-order valence-corrected chi connectivity index (χ2v) is 5.85. The summed E-state index contributed by atoms with van der Waals surface area (Å²) in [5.41, 5.74) is 13.1. The van der Waals surface area contributed by atoms with E-state index in [2.05, 4.69) is 20.8 Å². The molecule has 4 N–H and O–H groups in total. The molecule has 0 unspecified atom stereocenters. The number of hydrazine groups is 1. The van der Waals surface area contributed by atoms with Gasteiger partial charge in [-0.15, -0.1) is 0 Å². The third-order valence-electron chi connectivity index (χ3n) is 3.95. The van der Waals surface area contributed by atoms with E-state index in [9.17, 15) is 9.18 Å². The van der Waals surface area contributed by atoms with Gasteiger partial charge in [-0.3, -0.25) is 15.6 Å². The van der Waals surface area contributed by atoms with E-state index in [0.717, 1.165) is 11.1 Å². The second-order valence-electron chi connectivity index (χ2n) is 5.85. The standard InChI is InChI=1S/C19H18FN5O2/c1-11-7-8-13(9-12(11)2)27-19-16(21)17(22-10-23-19)24-25-18(26)14-5-3-4-6-15(14)20/h3-10H,21H2,1-2H3,(H,25,26)(H,22,23,24). The van der Waals surface area contributed by atoms with Crippen LogP contribution in [0, 0.1) is 19.7 Å². The monoisotopic (exact) mass is 367 g/mol. The van der Waals surface area contributed by atoms with Gasteiger partial charge in [-0.1, -0.05) is 18.2 Å². The molecule has 0 aliphatic rings. The third-order valence-corrected chi connectivity index (χ3v) is 3.95. The zero-order valence-corrected chi connectivity index (χ0v) is 14.8. The Balaban J connectivity index is 1.74. The number of nitrogens with zero attached hydrogens (tertiary/aromatic N) is 2. The van der Waals surface area contributed by atoms with Crippen LogP contribution in [0.2, 0.25) is 0 Å². The lowest BCUT2D eigenvalue weighted by Gasteiger charge is -2.13. The van der Waals surface area contributed by atoms with Crippen molar-refractivity contribution in [3.63, 3.8) is 0 Å². The molecule has 8 heteroatoms. The van der Waals surface area contributed by atoms with Crippen molar-refractivity contribution in [2.75, 3.05) is 11.2 Å². The number of amides is 1. The quantitative estimate of drug-likeness (QED) is 0.598. The van der Waals surface area contributed by atoms with Crippen molar-refractivity contribution >= 4 is 17.4 Å². The van der Waals surface area contributed by atoms with Crippen LogP contribution in [0.25, 0.3) is 0 Å². The fourth-order valence-electron chi connectivity index (χ4n) is 2.28. The number of nitrogen functional groups attached to an aromatic ring is 1. The molecule has 0 atom stereocenters. The summed E-state index contributed by atoms with van der Waals surface area (Å²) in [5, 5.41) is 0. The first kappa shape index (κ1) is 18.1. The van der Waals surface area contributed by atoms with Crippen LogP contribution in [0.5, 0.6) is 11.6 Å². The van der Waals surface area contributed by atoms with Crippen LogP contribution in [-0.4, -0.2) is 15.9 Å². The molecule has 0 saturated heterocycles. The molecule has 0 radical (unpaired) electrons. The minimum absolute atomic E-state index is 0.101. The molecule has 0 aliphatic carbocycles. The van der Waals surface area contributed by atoms with E-state index in [-0.39, 0.29) is 22.9 Å². The Hall–Kier alpha value is -3.68. The molecule has 3 aromatic rings. The highest BCUT2D eigenvalue weighted by molar-refractivity contribution is 5.95. The number of halogens is 1. The first-order valence-electron chi connectivity index (χ1n) is 8.12. The number of benzene rings is 2. The van der Waals surface area contributed by atoms with Crippen molar-refractivity contribution in [2.45, 2.75) is 13.8 Å². The van der Waals surface area contributed by atoms with Crippen molar-refractivity contribution in [3.05, 3.63) is 71.3 Å². The number of hydrogen-bond donors (Lipinski definition) is 3. The highest BCUT2D eigenvalue weighted by Crippen LogP contribution is 2.29. The summed E-state index contributed by atoms with van der Waals surface area (Å²) in [6.07, 6.45) is 1.24. The van der Waals surface area contributed by atoms with E-state index in [1.54, 1.807) is 12.1 Å². The Morgan fingerprint density at radius 1 is 1.11 bits per heavy atom. The molecule has 138 valence electrons. The zero-order chi connectivity index (χ0) is 19.4. The van der Waals surface area contributed by atoms with Crippen LogP contribution in [-0.2, 0) is 0 Å². The predicted molar refractivity (Wildman–Crippen MR) is 99.9 cm³/mol. The van der Waals surface area contributed by atoms with Crippen LogP contribution >= 0.6 is 0 Å². The summed E-state index contributed by atoms with van der Waals surface area (Å²) in [5.74, 6) is -0.455. The van der Waals surface area contributed by atoms with Gasteiger partial charge in [0.2, 0.25) is 5.88 Å². The average molecular weight is 367 g/mol. The highest BCUT2D eigenvalue weighted by atomic mass is 19.1. The topological polar surface area (TPSA) is 102 Å². The summed E-state index contributed by atoms with van der Waals surface area (Å²) in [6.45, 7) is 3.97. The number of hydrogen-bond acceptors (Lipinski definition) is 6. The predicted octanol–water partition coefficient (Wildman–Crippen LogP) is 3.36. The molecule has 0 saturated carbocycles. The highest BCUT2D eigenvalue weighted by Gasteiger charge is 2.14. The molecule has 1 heterocycles. The molecule has 7 nitrogen and oxygen atoms in total. The number of nitrogens with one attached hydrogen (secondary N) is 2. The van der Waals surface area contributed by atoms with Crippen LogP contribution < -0.4 is 21.3 Å². The normalized spacial score (nSPS) is 10.3. The Morgan fingerprint density at radius 3 is 2.63 bits per heavy atom. The van der Waals surface area contributed by atoms with Gasteiger partial charge in [0.15, 0.2) is 5.82 Å². The molecular weight excluding hydrogens is 349 g/mol. The summed E-state index contributed by atoms with van der Waals surface area (Å²) >= 11 is 0. The smallest absolute Gasteiger partial charge is 0.272 e. The number of rotatable bonds is 5. The summed E-state index contributed by atoms with van der Waals surface area (Å²) in [7, 11) is 0. The van der Waals surface area contributed by atoms with E-state index in [0.29, 0.717) is 5.75 Å². The molecule has 1 aromatic heterocycles. The fraction of sp³-hybridized carbons (Fsp3) is 0.105. The van der Waals surface area contributed by atoms with E-state index in [1.165, 1.54) is 24.5 Å². The molecule has 0 spiro atoms. The van der Waals surface area contributed by atoms with E-state index < -0.39 is 11.7 Å². The van der Waals surface area contributed by atoms with Gasteiger partial charge in [0, 0.05) is 0 Å². The van der Waals surface area contributed by atoms with Gasteiger partial charge in [0.05, 0.1) is 5.56 Å². The lowest BCUT2D eigenvalue weighted by atomic mass is 10.1. The Kier molecular flexibility index (Phi) is 5.16. The van der Waals surface area contributed by atoms with Gasteiger partial charge in [0.1, 0.15) is 23.6 Å². The number of carbonyl (C=O) groups is 1. The summed E-state index contributed by atoms with van der Waals surface area (Å²) in [4.78, 5) is 20.0. The first-order valence-corrected chi connectivity index (χ1v) is 8.12. The van der Waals surface area contributed by atoms with Crippen molar-refractivity contribution in [3.8, 4) is 11.6 Å². The van der Waals surface area contributed by atoms with Crippen molar-refractivity contribution in [2.24, 2.45) is 0 Å². The van der Waals surface area contributed by atoms with Crippen LogP contribution in [0.3, 0.4) is 0 Å². The summed E-state index contributed by atoms with van der Waals surface area (Å²) in [6, 6.07) is 11.2. The number of ether oxygens (including phenoxy) is 1. The van der Waals surface area contributed by atoms with Gasteiger partial charge in [-0.25, -0.2) is 9.37 Å². The van der Waals surface area contributed by atoms with Gasteiger partial charge in [-0.2, -0.15) is 4.98 Å². The second kappa shape index (κ2) is 7.69. The Morgan fingerprint density at radius 2 is 1.89 bits per heavy atom. The largest absolute Gasteiger partial charge is 0.437 e. The van der Waals surface area contributed by atoms with E-state index in [1.807, 2.05) is 26.0 Å². The summed E-state index contributed by atoms with van der Waals surface area (Å²) < 4.78 is 19.4. The number of carbonyl (C=O) groups excluding carboxylic acids is 1. The minimum atomic E-state index is -0.664. The van der Waals surface area contributed by atoms with Gasteiger partial charge < -0.3 is 10.5 Å². The van der Waals surface area contributed by atoms with Crippen molar-refractivity contribution in [1.29, 1.82) is 0 Å². The molecular formula is C19H18FN5O2. The molecule has 0 fully saturated rings. The van der Waals surface area contributed by atoms with Gasteiger partial charge >= 0.3 is 0 Å². The third kappa shape index (κ3) is 4.12. The van der Waals surface area contributed by atoms with Gasteiger partial charge in [-0.05, 0) is 49.2 Å². The molecule has 0 aliphatic heterocycles. The van der Waals surface area contributed by atoms with Crippen molar-refractivity contribution in [1.82, 2.24) is 15.4 Å². The lowest BCUT2D eigenvalue weighted by molar-refractivity contribution is 0.0958. The Bertz CT molecular complexity index is 994. The lowest BCUT2D eigenvalue weighted by Crippen LogP contribution is -2.31.